The second-order valence-corrected chi connectivity index (χ2v) is 6.91. The van der Waals surface area contributed by atoms with Crippen LogP contribution >= 0.6 is 0 Å². The first kappa shape index (κ1) is 15.8. The van der Waals surface area contributed by atoms with E-state index in [0.717, 1.165) is 11.4 Å². The Balaban J connectivity index is 2.00. The van der Waals surface area contributed by atoms with E-state index in [0.29, 0.717) is 0 Å². The Morgan fingerprint density at radius 3 is 2.20 bits per heavy atom. The average Bonchev–Trinajstić information content (AvgIpc) is 2.59. The highest BCUT2D eigenvalue weighted by Crippen LogP contribution is 2.24. The van der Waals surface area contributed by atoms with Gasteiger partial charge >= 0.3 is 0 Å². The number of hydrogen-bond acceptors (Lipinski definition) is 2. The van der Waals surface area contributed by atoms with Crippen LogP contribution in [0.2, 0.25) is 0 Å². The Bertz CT molecular complexity index is 941. The molecule has 0 spiro atoms. The van der Waals surface area contributed by atoms with Crippen molar-refractivity contribution < 1.29 is 4.74 Å². The number of nitrogens with one attached hydrogen (secondary N) is 1. The van der Waals surface area contributed by atoms with Gasteiger partial charge in [0.25, 0.3) is 0 Å². The maximum Gasteiger partial charge on any atom is 0.247 e. The van der Waals surface area contributed by atoms with Crippen LogP contribution < -0.4 is 26.4 Å². The fourth-order valence-electron chi connectivity index (χ4n) is 4.16. The molecule has 4 rings (SSSR count). The Morgan fingerprint density at radius 2 is 1.48 bits per heavy atom. The van der Waals surface area contributed by atoms with E-state index in [2.05, 4.69) is 80.7 Å². The fourth-order valence-corrected chi connectivity index (χ4v) is 4.16. The highest BCUT2D eigenvalue weighted by molar-refractivity contribution is 6.98. The number of aryl methyl sites for hydroxylation is 3. The molecule has 0 amide bonds. The van der Waals surface area contributed by atoms with Crippen LogP contribution in [0.3, 0.4) is 0 Å². The molecule has 0 aliphatic carbocycles. The number of hydrogen-bond donors (Lipinski definition) is 1. The Kier molecular flexibility index (Phi) is 3.80. The summed E-state index contributed by atoms with van der Waals surface area (Å²) in [6.07, 6.45) is 0. The van der Waals surface area contributed by atoms with Crippen LogP contribution in [0.4, 0.5) is 11.4 Å². The third-order valence-electron chi connectivity index (χ3n) is 5.14. The smallest absolute Gasteiger partial charge is 0.247 e. The van der Waals surface area contributed by atoms with E-state index < -0.39 is 0 Å². The van der Waals surface area contributed by atoms with Gasteiger partial charge in [0, 0.05) is 17.4 Å². The topological polar surface area (TPSA) is 21.3 Å². The van der Waals surface area contributed by atoms with Crippen molar-refractivity contribution in [3.63, 3.8) is 0 Å². The molecule has 2 nitrogen and oxygen atoms in total. The van der Waals surface area contributed by atoms with E-state index in [1.165, 1.54) is 38.8 Å². The minimum absolute atomic E-state index is 0.235. The predicted octanol–water partition coefficient (Wildman–Crippen LogP) is 3.19. The minimum atomic E-state index is 0.235. The molecule has 1 aliphatic rings. The van der Waals surface area contributed by atoms with E-state index in [9.17, 15) is 0 Å². The van der Waals surface area contributed by atoms with Crippen LogP contribution in [0.1, 0.15) is 16.7 Å². The average molecular weight is 327 g/mol. The van der Waals surface area contributed by atoms with Gasteiger partial charge in [-0.2, -0.15) is 0 Å². The van der Waals surface area contributed by atoms with E-state index in [1.807, 2.05) is 0 Å². The maximum atomic E-state index is 5.43. The van der Waals surface area contributed by atoms with Gasteiger partial charge in [-0.1, -0.05) is 58.6 Å². The summed E-state index contributed by atoms with van der Waals surface area (Å²) in [4.78, 5) is 0. The molecule has 3 heteroatoms. The molecule has 0 saturated heterocycles. The zero-order valence-corrected chi connectivity index (χ0v) is 15.2. The second-order valence-electron chi connectivity index (χ2n) is 6.91. The molecule has 0 unspecified atom stereocenters. The quantitative estimate of drug-likeness (QED) is 0.571. The van der Waals surface area contributed by atoms with Crippen LogP contribution in [0.15, 0.2) is 54.6 Å². The molecule has 1 heterocycles. The van der Waals surface area contributed by atoms with Gasteiger partial charge < -0.3 is 10.1 Å². The SMILES string of the molecule is COc1ccc2c(c1)Nc1ccccc1B2c1c(C)cc(C)cc1C. The van der Waals surface area contributed by atoms with Crippen molar-refractivity contribution >= 4 is 34.5 Å². The summed E-state index contributed by atoms with van der Waals surface area (Å²) in [6, 6.07) is 19.5. The van der Waals surface area contributed by atoms with E-state index >= 15 is 0 Å². The molecule has 25 heavy (non-hydrogen) atoms. The molecule has 3 aromatic carbocycles. The van der Waals surface area contributed by atoms with Gasteiger partial charge in [0.05, 0.1) is 7.11 Å². The van der Waals surface area contributed by atoms with Gasteiger partial charge in [-0.3, -0.25) is 0 Å². The molecule has 0 aromatic heterocycles. The first-order chi connectivity index (χ1) is 12.1. The zero-order valence-electron chi connectivity index (χ0n) is 15.2. The number of ether oxygens (including phenoxy) is 1. The molecular formula is C22H22BNO. The van der Waals surface area contributed by atoms with E-state index in [-0.39, 0.29) is 6.71 Å². The standard InChI is InChI=1S/C22H22BNO/c1-14-11-15(2)22(16(3)12-14)23-18-7-5-6-8-20(18)24-21-13-17(25-4)9-10-19(21)23/h5-13,24H,1-4H3. The lowest BCUT2D eigenvalue weighted by Crippen LogP contribution is -2.57. The molecule has 124 valence electrons. The second kappa shape index (κ2) is 6.00. The molecule has 0 radical (unpaired) electrons. The van der Waals surface area contributed by atoms with Crippen molar-refractivity contribution in [3.8, 4) is 5.75 Å². The number of para-hydroxylation sites is 1. The number of benzene rings is 3. The largest absolute Gasteiger partial charge is 0.497 e. The third kappa shape index (κ3) is 2.60. The number of fused-ring (bicyclic) bond motifs is 2. The van der Waals surface area contributed by atoms with E-state index in [4.69, 9.17) is 4.74 Å². The lowest BCUT2D eigenvalue weighted by Gasteiger charge is -2.30. The van der Waals surface area contributed by atoms with Gasteiger partial charge in [-0.05, 0) is 43.8 Å². The maximum absolute atomic E-state index is 5.43. The predicted molar refractivity (Wildman–Crippen MR) is 108 cm³/mol. The minimum Gasteiger partial charge on any atom is -0.497 e. The van der Waals surface area contributed by atoms with Gasteiger partial charge in [-0.25, -0.2) is 0 Å². The van der Waals surface area contributed by atoms with Crippen molar-refractivity contribution in [2.75, 3.05) is 12.4 Å². The zero-order chi connectivity index (χ0) is 17.6. The van der Waals surface area contributed by atoms with Crippen LogP contribution in [0.5, 0.6) is 5.75 Å². The summed E-state index contributed by atoms with van der Waals surface area (Å²) in [5.74, 6) is 0.877. The molecule has 0 atom stereocenters. The van der Waals surface area contributed by atoms with Crippen LogP contribution in [-0.2, 0) is 0 Å². The van der Waals surface area contributed by atoms with Crippen LogP contribution in [0.25, 0.3) is 0 Å². The molecule has 0 bridgehead atoms. The van der Waals surface area contributed by atoms with Crippen LogP contribution in [-0.4, -0.2) is 13.8 Å². The number of anilines is 2. The summed E-state index contributed by atoms with van der Waals surface area (Å²) in [5, 5.41) is 3.59. The first-order valence-corrected chi connectivity index (χ1v) is 8.70. The van der Waals surface area contributed by atoms with Gasteiger partial charge in [0.1, 0.15) is 5.75 Å². The summed E-state index contributed by atoms with van der Waals surface area (Å²) in [6.45, 7) is 6.85. The van der Waals surface area contributed by atoms with Crippen molar-refractivity contribution in [3.05, 3.63) is 71.3 Å². The molecular weight excluding hydrogens is 305 g/mol. The highest BCUT2D eigenvalue weighted by Gasteiger charge is 2.32. The van der Waals surface area contributed by atoms with Gasteiger partial charge in [-0.15, -0.1) is 0 Å². The van der Waals surface area contributed by atoms with Gasteiger partial charge in [0.15, 0.2) is 0 Å². The lowest BCUT2D eigenvalue weighted by molar-refractivity contribution is 0.415. The fraction of sp³-hybridized carbons (Fsp3) is 0.182. The summed E-state index contributed by atoms with van der Waals surface area (Å²) in [5.41, 5.74) is 10.4. The normalized spacial score (nSPS) is 12.2. The molecule has 0 fully saturated rings. The van der Waals surface area contributed by atoms with E-state index in [1.54, 1.807) is 7.11 Å². The third-order valence-corrected chi connectivity index (χ3v) is 5.14. The Labute approximate surface area is 149 Å². The summed E-state index contributed by atoms with van der Waals surface area (Å²) >= 11 is 0. The molecule has 0 saturated carbocycles. The van der Waals surface area contributed by atoms with Crippen molar-refractivity contribution in [1.29, 1.82) is 0 Å². The molecule has 1 N–H and O–H groups in total. The number of rotatable bonds is 2. The van der Waals surface area contributed by atoms with Crippen LogP contribution in [0, 0.1) is 20.8 Å². The monoisotopic (exact) mass is 327 g/mol. The Hall–Kier alpha value is -2.68. The first-order valence-electron chi connectivity index (χ1n) is 8.70. The van der Waals surface area contributed by atoms with Crippen molar-refractivity contribution in [2.45, 2.75) is 20.8 Å². The molecule has 1 aliphatic heterocycles. The van der Waals surface area contributed by atoms with Crippen molar-refractivity contribution in [2.24, 2.45) is 0 Å². The van der Waals surface area contributed by atoms with Gasteiger partial charge in [0.2, 0.25) is 6.71 Å². The highest BCUT2D eigenvalue weighted by atomic mass is 16.5. The lowest BCUT2D eigenvalue weighted by atomic mass is 9.34. The summed E-state index contributed by atoms with van der Waals surface area (Å²) in [7, 11) is 1.71. The van der Waals surface area contributed by atoms with Crippen molar-refractivity contribution in [1.82, 2.24) is 0 Å². The summed E-state index contributed by atoms with van der Waals surface area (Å²) < 4.78 is 5.43. The number of methoxy groups -OCH3 is 1. The Morgan fingerprint density at radius 1 is 0.800 bits per heavy atom. The molecule has 3 aromatic rings.